The maximum Gasteiger partial charge on any atom is 0.198 e. The summed E-state index contributed by atoms with van der Waals surface area (Å²) in [5, 5.41) is 0. The highest BCUT2D eigenvalue weighted by Gasteiger charge is 2.38. The number of benzene rings is 4. The van der Waals surface area contributed by atoms with Gasteiger partial charge in [-0.25, -0.2) is 0 Å². The van der Waals surface area contributed by atoms with Gasteiger partial charge >= 0.3 is 0 Å². The van der Waals surface area contributed by atoms with E-state index in [0.717, 1.165) is 62.5 Å². The van der Waals surface area contributed by atoms with Gasteiger partial charge in [0, 0.05) is 23.5 Å². The SMILES string of the molecule is CCCCCc1cccc(Oc2cc(N)c3c(c2N)C(=O)c2c(N)cc(Oc4cccc(CCCCC)c4)c(N)c2C3=O)c1. The van der Waals surface area contributed by atoms with E-state index in [4.69, 9.17) is 32.4 Å². The number of aryl methyl sites for hydroxylation is 2. The molecule has 1 aliphatic carbocycles. The number of unbranched alkanes of at least 4 members (excludes halogenated alkanes) is 4. The molecule has 0 fully saturated rings. The molecule has 5 rings (SSSR count). The fourth-order valence-electron chi connectivity index (χ4n) is 5.71. The summed E-state index contributed by atoms with van der Waals surface area (Å²) >= 11 is 0. The van der Waals surface area contributed by atoms with E-state index in [0.29, 0.717) is 11.5 Å². The summed E-state index contributed by atoms with van der Waals surface area (Å²) in [4.78, 5) is 27.8. The number of nitrogen functional groups attached to an aromatic ring is 4. The molecule has 8 N–H and O–H groups in total. The minimum Gasteiger partial charge on any atom is -0.455 e. The molecule has 4 aromatic rings. The molecule has 0 spiro atoms. The Balaban J connectivity index is 1.47. The van der Waals surface area contributed by atoms with Crippen molar-refractivity contribution in [1.82, 2.24) is 0 Å². The van der Waals surface area contributed by atoms with Crippen LogP contribution in [0.2, 0.25) is 0 Å². The summed E-state index contributed by atoms with van der Waals surface area (Å²) in [6, 6.07) is 18.3. The minimum absolute atomic E-state index is 0.00720. The van der Waals surface area contributed by atoms with E-state index >= 15 is 0 Å². The standard InChI is InChI=1S/C36H40N4O4/c1-3-5-7-11-21-13-9-15-23(17-21)43-27-19-25(37)29-31(33(27)39)35(41)30-26(38)20-28(34(40)32(30)36(29)42)44-24-16-10-14-22(18-24)12-8-6-4-2/h9-10,13-20H,3-8,11-12,37-40H2,1-2H3. The summed E-state index contributed by atoms with van der Waals surface area (Å²) in [5.41, 5.74) is 28.0. The Bertz CT molecular complexity index is 1600. The first-order valence-electron chi connectivity index (χ1n) is 15.3. The van der Waals surface area contributed by atoms with Crippen molar-refractivity contribution in [2.24, 2.45) is 0 Å². The van der Waals surface area contributed by atoms with Crippen LogP contribution in [0.25, 0.3) is 0 Å². The molecule has 0 radical (unpaired) electrons. The van der Waals surface area contributed by atoms with Crippen molar-refractivity contribution >= 4 is 34.3 Å². The minimum atomic E-state index is -0.550. The summed E-state index contributed by atoms with van der Waals surface area (Å²) < 4.78 is 12.2. The highest BCUT2D eigenvalue weighted by Crippen LogP contribution is 2.46. The zero-order valence-corrected chi connectivity index (χ0v) is 25.4. The summed E-state index contributed by atoms with van der Waals surface area (Å²) in [5.74, 6) is 0.376. The molecule has 0 aromatic heterocycles. The first kappa shape index (κ1) is 30.5. The molecule has 8 heteroatoms. The van der Waals surface area contributed by atoms with Gasteiger partial charge in [-0.2, -0.15) is 0 Å². The van der Waals surface area contributed by atoms with Crippen molar-refractivity contribution in [2.75, 3.05) is 22.9 Å². The lowest BCUT2D eigenvalue weighted by atomic mass is 9.80. The van der Waals surface area contributed by atoms with E-state index in [1.165, 1.54) is 12.1 Å². The molecule has 0 atom stereocenters. The number of fused-ring (bicyclic) bond motifs is 2. The van der Waals surface area contributed by atoms with E-state index in [2.05, 4.69) is 13.8 Å². The van der Waals surface area contributed by atoms with Gasteiger partial charge in [0.15, 0.2) is 23.1 Å². The molecular formula is C36H40N4O4. The lowest BCUT2D eigenvalue weighted by Gasteiger charge is -2.25. The van der Waals surface area contributed by atoms with E-state index in [1.54, 1.807) is 0 Å². The molecule has 8 nitrogen and oxygen atoms in total. The number of anilines is 4. The predicted octanol–water partition coefficient (Wildman–Crippen LogP) is 7.84. The first-order chi connectivity index (χ1) is 21.2. The van der Waals surface area contributed by atoms with Gasteiger partial charge in [0.1, 0.15) is 11.5 Å². The molecule has 1 aliphatic rings. The van der Waals surface area contributed by atoms with Crippen LogP contribution in [0.1, 0.15) is 95.3 Å². The number of hydrogen-bond acceptors (Lipinski definition) is 8. The molecular weight excluding hydrogens is 552 g/mol. The van der Waals surface area contributed by atoms with Crippen LogP contribution in [0.5, 0.6) is 23.0 Å². The smallest absolute Gasteiger partial charge is 0.198 e. The molecule has 0 saturated carbocycles. The van der Waals surface area contributed by atoms with Gasteiger partial charge in [-0.05, 0) is 61.1 Å². The van der Waals surface area contributed by atoms with Crippen LogP contribution in [-0.2, 0) is 12.8 Å². The van der Waals surface area contributed by atoms with Crippen LogP contribution < -0.4 is 32.4 Å². The Labute approximate surface area is 258 Å². The quantitative estimate of drug-likeness (QED) is 0.0843. The van der Waals surface area contributed by atoms with Crippen LogP contribution in [0.15, 0.2) is 60.7 Å². The molecule has 44 heavy (non-hydrogen) atoms. The van der Waals surface area contributed by atoms with Crippen molar-refractivity contribution in [3.05, 3.63) is 94.0 Å². The highest BCUT2D eigenvalue weighted by atomic mass is 16.5. The number of ketones is 2. The second kappa shape index (κ2) is 13.1. The third-order valence-electron chi connectivity index (χ3n) is 8.02. The summed E-state index contributed by atoms with van der Waals surface area (Å²) in [6.45, 7) is 4.33. The van der Waals surface area contributed by atoms with Gasteiger partial charge in [-0.1, -0.05) is 63.8 Å². The molecule has 0 amide bonds. The number of rotatable bonds is 12. The molecule has 0 heterocycles. The lowest BCUT2D eigenvalue weighted by molar-refractivity contribution is 0.0981. The Morgan fingerprint density at radius 1 is 0.545 bits per heavy atom. The molecule has 4 aromatic carbocycles. The maximum absolute atomic E-state index is 13.9. The van der Waals surface area contributed by atoms with E-state index < -0.39 is 11.6 Å². The first-order valence-corrected chi connectivity index (χ1v) is 15.3. The number of carbonyl (C=O) groups excluding carboxylic acids is 2. The van der Waals surface area contributed by atoms with Crippen LogP contribution in [-0.4, -0.2) is 11.6 Å². The Morgan fingerprint density at radius 3 is 1.34 bits per heavy atom. The average Bonchev–Trinajstić information content (AvgIpc) is 3.00. The summed E-state index contributed by atoms with van der Waals surface area (Å²) in [6.07, 6.45) is 8.55. The second-order valence-corrected chi connectivity index (χ2v) is 11.3. The molecule has 228 valence electrons. The van der Waals surface area contributed by atoms with Gasteiger partial charge in [0.05, 0.1) is 33.6 Å². The zero-order chi connectivity index (χ0) is 31.4. The van der Waals surface area contributed by atoms with Crippen LogP contribution in [0, 0.1) is 0 Å². The third-order valence-corrected chi connectivity index (χ3v) is 8.02. The van der Waals surface area contributed by atoms with Gasteiger partial charge < -0.3 is 32.4 Å². The van der Waals surface area contributed by atoms with Crippen molar-refractivity contribution in [1.29, 1.82) is 0 Å². The number of carbonyl (C=O) groups is 2. The Morgan fingerprint density at radius 2 is 0.955 bits per heavy atom. The van der Waals surface area contributed by atoms with E-state index in [9.17, 15) is 9.59 Å². The highest BCUT2D eigenvalue weighted by molar-refractivity contribution is 6.35. The number of nitrogens with two attached hydrogens (primary N) is 4. The van der Waals surface area contributed by atoms with Gasteiger partial charge in [0.25, 0.3) is 0 Å². The fraction of sp³-hybridized carbons (Fsp3) is 0.278. The van der Waals surface area contributed by atoms with Crippen LogP contribution >= 0.6 is 0 Å². The Kier molecular flexibility index (Phi) is 9.09. The van der Waals surface area contributed by atoms with Crippen LogP contribution in [0.4, 0.5) is 22.7 Å². The molecule has 0 aliphatic heterocycles. The topological polar surface area (TPSA) is 157 Å². The van der Waals surface area contributed by atoms with Gasteiger partial charge in [-0.15, -0.1) is 0 Å². The fourth-order valence-corrected chi connectivity index (χ4v) is 5.71. The van der Waals surface area contributed by atoms with E-state index in [-0.39, 0.29) is 56.5 Å². The third kappa shape index (κ3) is 6.06. The Hall–Kier alpha value is -4.98. The van der Waals surface area contributed by atoms with E-state index in [1.807, 2.05) is 48.5 Å². The van der Waals surface area contributed by atoms with Crippen molar-refractivity contribution in [3.8, 4) is 23.0 Å². The summed E-state index contributed by atoms with van der Waals surface area (Å²) in [7, 11) is 0. The largest absolute Gasteiger partial charge is 0.455 e. The van der Waals surface area contributed by atoms with Gasteiger partial charge in [0.2, 0.25) is 0 Å². The monoisotopic (exact) mass is 592 g/mol. The lowest BCUT2D eigenvalue weighted by Crippen LogP contribution is -2.26. The van der Waals surface area contributed by atoms with Crippen molar-refractivity contribution in [2.45, 2.75) is 65.2 Å². The van der Waals surface area contributed by atoms with Gasteiger partial charge in [-0.3, -0.25) is 9.59 Å². The average molecular weight is 593 g/mol. The van der Waals surface area contributed by atoms with Crippen molar-refractivity contribution < 1.29 is 19.1 Å². The van der Waals surface area contributed by atoms with Crippen LogP contribution in [0.3, 0.4) is 0 Å². The number of hydrogen-bond donors (Lipinski definition) is 4. The maximum atomic E-state index is 13.9. The molecule has 0 unspecified atom stereocenters. The number of ether oxygens (including phenoxy) is 2. The zero-order valence-electron chi connectivity index (χ0n) is 25.4. The molecule has 0 bridgehead atoms. The predicted molar refractivity (Wildman–Crippen MR) is 177 cm³/mol. The second-order valence-electron chi connectivity index (χ2n) is 11.3. The normalized spacial score (nSPS) is 12.1. The molecule has 0 saturated heterocycles. The van der Waals surface area contributed by atoms with Crippen molar-refractivity contribution in [3.63, 3.8) is 0 Å².